The number of thioether (sulfide) groups is 1. The van der Waals surface area contributed by atoms with E-state index in [1.54, 1.807) is 17.8 Å². The van der Waals surface area contributed by atoms with Crippen LogP contribution in [0.2, 0.25) is 5.02 Å². The molecule has 0 aliphatic carbocycles. The predicted molar refractivity (Wildman–Crippen MR) is 108 cm³/mol. The van der Waals surface area contributed by atoms with E-state index in [-0.39, 0.29) is 5.78 Å². The molecule has 0 bridgehead atoms. The molecule has 0 saturated carbocycles. The van der Waals surface area contributed by atoms with Gasteiger partial charge in [-0.25, -0.2) is 0 Å². The number of halogens is 1. The minimum absolute atomic E-state index is 0.169. The van der Waals surface area contributed by atoms with Crippen molar-refractivity contribution in [2.45, 2.75) is 24.6 Å². The molecule has 0 aliphatic heterocycles. The van der Waals surface area contributed by atoms with E-state index in [0.717, 1.165) is 28.7 Å². The van der Waals surface area contributed by atoms with Gasteiger partial charge in [-0.1, -0.05) is 65.8 Å². The van der Waals surface area contributed by atoms with Crippen molar-refractivity contribution in [1.29, 1.82) is 0 Å². The van der Waals surface area contributed by atoms with Crippen molar-refractivity contribution in [3.63, 3.8) is 0 Å². The summed E-state index contributed by atoms with van der Waals surface area (Å²) in [5.41, 5.74) is 0.764. The molecule has 1 heterocycles. The zero-order valence-electron chi connectivity index (χ0n) is 15.0. The molecule has 5 nitrogen and oxygen atoms in total. The Hall–Kier alpha value is -2.31. The number of carbonyl (C=O) groups is 1. The molecule has 2 aromatic carbocycles. The lowest BCUT2D eigenvalue weighted by Crippen LogP contribution is -2.04. The molecule has 0 spiro atoms. The number of hydrogen-bond donors (Lipinski definition) is 0. The molecule has 0 saturated heterocycles. The number of nitrogens with zero attached hydrogens (tertiary/aromatic N) is 3. The van der Waals surface area contributed by atoms with Crippen molar-refractivity contribution in [2.24, 2.45) is 7.05 Å². The van der Waals surface area contributed by atoms with Crippen LogP contribution in [0.3, 0.4) is 0 Å². The first kappa shape index (κ1) is 19.5. The van der Waals surface area contributed by atoms with E-state index in [2.05, 4.69) is 10.2 Å². The first-order chi connectivity index (χ1) is 13.1. The molecule has 140 valence electrons. The van der Waals surface area contributed by atoms with Gasteiger partial charge >= 0.3 is 0 Å². The summed E-state index contributed by atoms with van der Waals surface area (Å²) in [4.78, 5) is 12.1. The molecule has 7 heteroatoms. The Morgan fingerprint density at radius 3 is 2.63 bits per heavy atom. The van der Waals surface area contributed by atoms with E-state index in [9.17, 15) is 4.79 Å². The number of benzene rings is 2. The van der Waals surface area contributed by atoms with Crippen LogP contribution in [0.1, 0.15) is 29.0 Å². The third-order valence-corrected chi connectivity index (χ3v) is 5.41. The number of carbonyl (C=O) groups excluding carboxylic acids is 1. The van der Waals surface area contributed by atoms with Gasteiger partial charge in [-0.05, 0) is 18.6 Å². The molecule has 0 aliphatic rings. The Morgan fingerprint density at radius 1 is 1.11 bits per heavy atom. The van der Waals surface area contributed by atoms with E-state index in [4.69, 9.17) is 16.3 Å². The summed E-state index contributed by atoms with van der Waals surface area (Å²) >= 11 is 7.68. The van der Waals surface area contributed by atoms with Gasteiger partial charge in [0, 0.05) is 24.8 Å². The van der Waals surface area contributed by atoms with E-state index in [0.29, 0.717) is 23.8 Å². The number of para-hydroxylation sites is 1. The minimum atomic E-state index is 0.169. The smallest absolute Gasteiger partial charge is 0.191 e. The second-order valence-electron chi connectivity index (χ2n) is 5.92. The molecule has 1 aromatic heterocycles. The molecule has 0 fully saturated rings. The Kier molecular flexibility index (Phi) is 6.90. The SMILES string of the molecule is Cn1c(COc2ccccc2Cl)nnc1SCCCC(=O)c1ccccc1. The minimum Gasteiger partial charge on any atom is -0.484 e. The summed E-state index contributed by atoms with van der Waals surface area (Å²) in [6, 6.07) is 16.7. The average molecular weight is 402 g/mol. The first-order valence-electron chi connectivity index (χ1n) is 8.62. The first-order valence-corrected chi connectivity index (χ1v) is 9.98. The van der Waals surface area contributed by atoms with Crippen LogP contribution in [0.4, 0.5) is 0 Å². The van der Waals surface area contributed by atoms with E-state index in [1.165, 1.54) is 0 Å². The van der Waals surface area contributed by atoms with Crippen LogP contribution >= 0.6 is 23.4 Å². The van der Waals surface area contributed by atoms with E-state index < -0.39 is 0 Å². The van der Waals surface area contributed by atoms with Gasteiger partial charge in [-0.2, -0.15) is 0 Å². The quantitative estimate of drug-likeness (QED) is 0.293. The van der Waals surface area contributed by atoms with Crippen LogP contribution in [-0.4, -0.2) is 26.3 Å². The Morgan fingerprint density at radius 2 is 1.85 bits per heavy atom. The lowest BCUT2D eigenvalue weighted by molar-refractivity contribution is 0.0982. The van der Waals surface area contributed by atoms with Crippen LogP contribution < -0.4 is 4.74 Å². The maximum absolute atomic E-state index is 12.1. The molecule has 0 radical (unpaired) electrons. The highest BCUT2D eigenvalue weighted by molar-refractivity contribution is 7.99. The third-order valence-electron chi connectivity index (χ3n) is 3.99. The summed E-state index contributed by atoms with van der Waals surface area (Å²) < 4.78 is 7.62. The molecule has 0 unspecified atom stereocenters. The number of ketones is 1. The topological polar surface area (TPSA) is 57.0 Å². The van der Waals surface area contributed by atoms with Crippen molar-refractivity contribution < 1.29 is 9.53 Å². The highest BCUT2D eigenvalue weighted by Crippen LogP contribution is 2.24. The lowest BCUT2D eigenvalue weighted by atomic mass is 10.1. The second-order valence-corrected chi connectivity index (χ2v) is 7.39. The van der Waals surface area contributed by atoms with Crippen LogP contribution in [-0.2, 0) is 13.7 Å². The number of ether oxygens (including phenoxy) is 1. The molecule has 0 N–H and O–H groups in total. The summed E-state index contributed by atoms with van der Waals surface area (Å²) in [5.74, 6) is 2.31. The standard InChI is InChI=1S/C20H20ClN3O2S/c1-24-19(14-26-18-12-6-5-10-16(18)21)22-23-20(24)27-13-7-11-17(25)15-8-3-2-4-9-15/h2-6,8-10,12H,7,11,13-14H2,1H3. The molecule has 3 rings (SSSR count). The van der Waals surface area contributed by atoms with Crippen molar-refractivity contribution in [3.8, 4) is 5.75 Å². The summed E-state index contributed by atoms with van der Waals surface area (Å²) in [6.07, 6.45) is 1.31. The molecular formula is C20H20ClN3O2S. The summed E-state index contributed by atoms with van der Waals surface area (Å²) in [6.45, 7) is 0.292. The Labute approximate surface area is 167 Å². The monoisotopic (exact) mass is 401 g/mol. The zero-order valence-corrected chi connectivity index (χ0v) is 16.5. The van der Waals surface area contributed by atoms with Crippen molar-refractivity contribution in [2.75, 3.05) is 5.75 Å². The van der Waals surface area contributed by atoms with Gasteiger partial charge in [-0.15, -0.1) is 10.2 Å². The van der Waals surface area contributed by atoms with Crippen LogP contribution in [0.15, 0.2) is 59.8 Å². The fourth-order valence-electron chi connectivity index (χ4n) is 2.47. The zero-order chi connectivity index (χ0) is 19.1. The van der Waals surface area contributed by atoms with Gasteiger partial charge in [0.1, 0.15) is 12.4 Å². The van der Waals surface area contributed by atoms with Crippen molar-refractivity contribution in [1.82, 2.24) is 14.8 Å². The molecule has 3 aromatic rings. The number of hydrogen-bond acceptors (Lipinski definition) is 5. The van der Waals surface area contributed by atoms with Gasteiger partial charge in [0.05, 0.1) is 5.02 Å². The number of Topliss-reactive ketones (excluding diaryl/α,β-unsaturated/α-hetero) is 1. The van der Waals surface area contributed by atoms with Gasteiger partial charge in [0.25, 0.3) is 0 Å². The largest absolute Gasteiger partial charge is 0.484 e. The highest BCUT2D eigenvalue weighted by Gasteiger charge is 2.11. The summed E-state index contributed by atoms with van der Waals surface area (Å²) in [7, 11) is 1.91. The molecular weight excluding hydrogens is 382 g/mol. The summed E-state index contributed by atoms with van der Waals surface area (Å²) in [5, 5.41) is 9.75. The van der Waals surface area contributed by atoms with Crippen LogP contribution in [0.25, 0.3) is 0 Å². The van der Waals surface area contributed by atoms with Crippen LogP contribution in [0, 0.1) is 0 Å². The van der Waals surface area contributed by atoms with Gasteiger partial charge < -0.3 is 9.30 Å². The van der Waals surface area contributed by atoms with Crippen molar-refractivity contribution in [3.05, 3.63) is 71.0 Å². The molecule has 0 amide bonds. The average Bonchev–Trinajstić information content (AvgIpc) is 3.05. The Bertz CT molecular complexity index is 899. The molecule has 27 heavy (non-hydrogen) atoms. The number of rotatable bonds is 9. The fraction of sp³-hybridized carbons (Fsp3) is 0.250. The lowest BCUT2D eigenvalue weighted by Gasteiger charge is -2.07. The third kappa shape index (κ3) is 5.34. The van der Waals surface area contributed by atoms with Crippen LogP contribution in [0.5, 0.6) is 5.75 Å². The highest BCUT2D eigenvalue weighted by atomic mass is 35.5. The maximum atomic E-state index is 12.1. The van der Waals surface area contributed by atoms with Gasteiger partial charge in [0.15, 0.2) is 16.8 Å². The van der Waals surface area contributed by atoms with Gasteiger partial charge in [-0.3, -0.25) is 4.79 Å². The maximum Gasteiger partial charge on any atom is 0.191 e. The van der Waals surface area contributed by atoms with Crippen molar-refractivity contribution >= 4 is 29.1 Å². The van der Waals surface area contributed by atoms with E-state index in [1.807, 2.05) is 60.1 Å². The Balaban J connectivity index is 1.46. The fourth-order valence-corrected chi connectivity index (χ4v) is 3.52. The normalized spacial score (nSPS) is 10.7. The van der Waals surface area contributed by atoms with E-state index >= 15 is 0 Å². The number of aromatic nitrogens is 3. The predicted octanol–water partition coefficient (Wildman–Crippen LogP) is 4.80. The molecule has 0 atom stereocenters. The second kappa shape index (κ2) is 9.58. The van der Waals surface area contributed by atoms with Gasteiger partial charge in [0.2, 0.25) is 0 Å².